The van der Waals surface area contributed by atoms with Gasteiger partial charge in [-0.25, -0.2) is 8.78 Å². The van der Waals surface area contributed by atoms with Gasteiger partial charge in [0.05, 0.1) is 6.54 Å². The summed E-state index contributed by atoms with van der Waals surface area (Å²) >= 11 is 3.08. The lowest BCUT2D eigenvalue weighted by Gasteiger charge is -2.05. The lowest BCUT2D eigenvalue weighted by molar-refractivity contribution is -0.0507. The minimum Gasteiger partial charge on any atom is -0.435 e. The van der Waals surface area contributed by atoms with Gasteiger partial charge in [-0.3, -0.25) is 0 Å². The number of alkyl halides is 5. The Morgan fingerprint density at radius 3 is 1.75 bits per heavy atom. The molecular formula is C16H12BrF6N3O2. The van der Waals surface area contributed by atoms with Gasteiger partial charge in [0.25, 0.3) is 0 Å². The zero-order chi connectivity index (χ0) is 21.1. The first-order valence-corrected chi connectivity index (χ1v) is 8.41. The molecule has 28 heavy (non-hydrogen) atoms. The predicted octanol–water partition coefficient (Wildman–Crippen LogP) is 6.56. The Morgan fingerprint density at radius 1 is 0.857 bits per heavy atom. The second-order valence-electron chi connectivity index (χ2n) is 4.87. The first kappa shape index (κ1) is 23.4. The van der Waals surface area contributed by atoms with Gasteiger partial charge in [-0.1, -0.05) is 21.0 Å². The van der Waals surface area contributed by atoms with E-state index in [1.165, 1.54) is 18.2 Å². The molecule has 0 aromatic heterocycles. The van der Waals surface area contributed by atoms with Crippen LogP contribution >= 0.6 is 15.9 Å². The summed E-state index contributed by atoms with van der Waals surface area (Å²) in [4.78, 5) is 2.46. The summed E-state index contributed by atoms with van der Waals surface area (Å²) in [5.41, 5.74) is 8.84. The molecule has 0 saturated heterocycles. The number of nitrogens with zero attached hydrogens (tertiary/aromatic N) is 3. The maximum absolute atomic E-state index is 12.8. The number of ether oxygens (including phenoxy) is 2. The minimum atomic E-state index is -3.01. The van der Waals surface area contributed by atoms with Crippen molar-refractivity contribution >= 4 is 15.9 Å². The van der Waals surface area contributed by atoms with Crippen molar-refractivity contribution in [1.82, 2.24) is 0 Å². The molecule has 0 N–H and O–H groups in total. The largest absolute Gasteiger partial charge is 0.435 e. The second kappa shape index (κ2) is 12.0. The summed E-state index contributed by atoms with van der Waals surface area (Å²) in [6, 6.07) is 6.60. The monoisotopic (exact) mass is 471 g/mol. The first-order chi connectivity index (χ1) is 13.2. The fourth-order valence-electron chi connectivity index (χ4n) is 1.87. The lowest BCUT2D eigenvalue weighted by Crippen LogP contribution is -2.02. The van der Waals surface area contributed by atoms with E-state index >= 15 is 0 Å². The highest BCUT2D eigenvalue weighted by atomic mass is 79.9. The zero-order valence-electron chi connectivity index (χ0n) is 13.8. The molecule has 12 heteroatoms. The van der Waals surface area contributed by atoms with Crippen LogP contribution in [-0.2, 0) is 11.9 Å². The highest BCUT2D eigenvalue weighted by Crippen LogP contribution is 2.20. The Balaban J connectivity index is 0.000000283. The summed E-state index contributed by atoms with van der Waals surface area (Å²) in [6.45, 7) is -6.06. The second-order valence-corrected chi connectivity index (χ2v) is 5.43. The predicted molar refractivity (Wildman–Crippen MR) is 91.5 cm³/mol. The average molecular weight is 472 g/mol. The van der Waals surface area contributed by atoms with E-state index in [-0.39, 0.29) is 23.6 Å². The topological polar surface area (TPSA) is 67.2 Å². The third-order valence-electron chi connectivity index (χ3n) is 2.78. The molecule has 0 aliphatic rings. The molecule has 2 aromatic carbocycles. The number of rotatable bonds is 7. The minimum absolute atomic E-state index is 0.117. The van der Waals surface area contributed by atoms with Gasteiger partial charge in [0.15, 0.2) is 0 Å². The van der Waals surface area contributed by atoms with E-state index in [4.69, 9.17) is 5.53 Å². The smallest absolute Gasteiger partial charge is 0.387 e. The Bertz CT molecular complexity index is 819. The van der Waals surface area contributed by atoms with Crippen molar-refractivity contribution in [3.63, 3.8) is 0 Å². The number of halogens is 7. The molecule has 0 radical (unpaired) electrons. The molecule has 0 spiro atoms. The third-order valence-corrected chi connectivity index (χ3v) is 3.43. The SMILES string of the molecule is Fc1cc(CBr)cc(OC(F)F)c1.[N-]=[N+]=NCc1cc(F)cc(OC(F)F)c1. The Kier molecular flexibility index (Phi) is 10.0. The van der Waals surface area contributed by atoms with Crippen molar-refractivity contribution in [3.05, 3.63) is 69.6 Å². The molecule has 0 amide bonds. The van der Waals surface area contributed by atoms with Crippen LogP contribution in [0.3, 0.4) is 0 Å². The van der Waals surface area contributed by atoms with Crippen LogP contribution in [0.25, 0.3) is 10.4 Å². The van der Waals surface area contributed by atoms with Crippen molar-refractivity contribution < 1.29 is 35.8 Å². The molecule has 0 fully saturated rings. The van der Waals surface area contributed by atoms with Crippen LogP contribution in [0, 0.1) is 11.6 Å². The highest BCUT2D eigenvalue weighted by molar-refractivity contribution is 9.08. The molecule has 0 aliphatic carbocycles. The van der Waals surface area contributed by atoms with Gasteiger partial charge in [0, 0.05) is 22.4 Å². The maximum atomic E-state index is 12.8. The fraction of sp³-hybridized carbons (Fsp3) is 0.250. The molecule has 0 heterocycles. The van der Waals surface area contributed by atoms with Crippen LogP contribution in [0.5, 0.6) is 11.5 Å². The first-order valence-electron chi connectivity index (χ1n) is 7.29. The highest BCUT2D eigenvalue weighted by Gasteiger charge is 2.07. The van der Waals surface area contributed by atoms with E-state index in [9.17, 15) is 26.3 Å². The van der Waals surface area contributed by atoms with Crippen molar-refractivity contribution in [2.24, 2.45) is 5.11 Å². The van der Waals surface area contributed by atoms with Gasteiger partial charge >= 0.3 is 13.2 Å². The molecule has 5 nitrogen and oxygen atoms in total. The molecule has 2 aromatic rings. The van der Waals surface area contributed by atoms with Gasteiger partial charge in [0.2, 0.25) is 0 Å². The van der Waals surface area contributed by atoms with Crippen LogP contribution in [0.1, 0.15) is 11.1 Å². The maximum Gasteiger partial charge on any atom is 0.387 e. The lowest BCUT2D eigenvalue weighted by atomic mass is 10.2. The van der Waals surface area contributed by atoms with Gasteiger partial charge in [-0.15, -0.1) is 0 Å². The average Bonchev–Trinajstić information content (AvgIpc) is 2.58. The molecule has 0 unspecified atom stereocenters. The van der Waals surface area contributed by atoms with E-state index < -0.39 is 24.9 Å². The van der Waals surface area contributed by atoms with Gasteiger partial charge in [-0.05, 0) is 40.9 Å². The van der Waals surface area contributed by atoms with Gasteiger partial charge in [-0.2, -0.15) is 17.6 Å². The molecule has 0 bridgehead atoms. The van der Waals surface area contributed by atoms with Crippen LogP contribution in [-0.4, -0.2) is 13.2 Å². The Morgan fingerprint density at radius 2 is 1.32 bits per heavy atom. The third kappa shape index (κ3) is 9.38. The van der Waals surface area contributed by atoms with Gasteiger partial charge in [0.1, 0.15) is 23.1 Å². The number of hydrogen-bond donors (Lipinski definition) is 0. The van der Waals surface area contributed by atoms with E-state index in [0.717, 1.165) is 18.2 Å². The Hall–Kier alpha value is -2.59. The molecule has 0 atom stereocenters. The van der Waals surface area contributed by atoms with Crippen LogP contribution in [0.4, 0.5) is 26.3 Å². The number of hydrogen-bond acceptors (Lipinski definition) is 3. The van der Waals surface area contributed by atoms with Crippen molar-refractivity contribution in [3.8, 4) is 11.5 Å². The summed E-state index contributed by atoms with van der Waals surface area (Å²) in [6.07, 6.45) is 0. The zero-order valence-corrected chi connectivity index (χ0v) is 15.4. The van der Waals surface area contributed by atoms with Crippen LogP contribution in [0.2, 0.25) is 0 Å². The van der Waals surface area contributed by atoms with Crippen molar-refractivity contribution in [1.29, 1.82) is 0 Å². The van der Waals surface area contributed by atoms with E-state index in [1.807, 2.05) is 0 Å². The Labute approximate surface area is 163 Å². The summed E-state index contributed by atoms with van der Waals surface area (Å²) in [5.74, 6) is -1.78. The standard InChI is InChI=1S/C8H6BrF3O.C8H6F3N3O/c9-4-5-1-6(10)3-7(2-5)13-8(11)12;9-6-1-5(4-13-14-12)2-7(3-6)15-8(10)11/h1-3,8H,4H2;1-3,8H,4H2. The van der Waals surface area contributed by atoms with E-state index in [2.05, 4.69) is 35.4 Å². The molecule has 152 valence electrons. The normalized spacial score (nSPS) is 10.2. The number of benzene rings is 2. The summed E-state index contributed by atoms with van der Waals surface area (Å²) < 4.78 is 80.7. The molecule has 0 saturated carbocycles. The van der Waals surface area contributed by atoms with Gasteiger partial charge < -0.3 is 9.47 Å². The van der Waals surface area contributed by atoms with E-state index in [1.54, 1.807) is 0 Å². The fourth-order valence-corrected chi connectivity index (χ4v) is 2.19. The molecule has 2 rings (SSSR count). The van der Waals surface area contributed by atoms with Crippen molar-refractivity contribution in [2.75, 3.05) is 0 Å². The van der Waals surface area contributed by atoms with Crippen LogP contribution in [0.15, 0.2) is 41.5 Å². The number of azide groups is 1. The molecule has 0 aliphatic heterocycles. The molecular weight excluding hydrogens is 460 g/mol. The summed E-state index contributed by atoms with van der Waals surface area (Å²) in [7, 11) is 0. The quantitative estimate of drug-likeness (QED) is 0.151. The van der Waals surface area contributed by atoms with Crippen LogP contribution < -0.4 is 9.47 Å². The van der Waals surface area contributed by atoms with Crippen molar-refractivity contribution in [2.45, 2.75) is 25.1 Å². The van der Waals surface area contributed by atoms with E-state index in [0.29, 0.717) is 10.9 Å². The summed E-state index contributed by atoms with van der Waals surface area (Å²) in [5, 5.41) is 3.57.